The minimum atomic E-state index is -0.573. The third kappa shape index (κ3) is 16.9. The van der Waals surface area contributed by atoms with Crippen molar-refractivity contribution in [2.24, 2.45) is 15.0 Å². The topological polar surface area (TPSA) is 206 Å². The number of hydrogen-bond donors (Lipinski definition) is 3. The highest BCUT2D eigenvalue weighted by molar-refractivity contribution is 7.13. The number of aromatic hydroxyl groups is 1. The number of benzene rings is 3. The lowest BCUT2D eigenvalue weighted by Crippen LogP contribution is -2.50. The zero-order valence-electron chi connectivity index (χ0n) is 52.0. The number of allylic oxidation sites excluding steroid dienone is 2. The van der Waals surface area contributed by atoms with Gasteiger partial charge in [-0.05, 0) is 126 Å². The van der Waals surface area contributed by atoms with Crippen LogP contribution in [0.4, 0.5) is 10.2 Å². The number of amides is 2. The summed E-state index contributed by atoms with van der Waals surface area (Å²) in [7, 11) is 5.68. The van der Waals surface area contributed by atoms with Crippen molar-refractivity contribution in [3.8, 4) is 16.2 Å². The maximum absolute atomic E-state index is 16.3. The van der Waals surface area contributed by atoms with Crippen molar-refractivity contribution in [3.63, 3.8) is 0 Å². The summed E-state index contributed by atoms with van der Waals surface area (Å²) in [4.78, 5) is 65.6. The van der Waals surface area contributed by atoms with Gasteiger partial charge in [0.05, 0.1) is 34.1 Å². The lowest BCUT2D eigenvalue weighted by atomic mass is 9.93. The number of aryl methyl sites for hydroxylation is 2. The highest BCUT2D eigenvalue weighted by atomic mass is 32.1. The Bertz CT molecular complexity index is 3180. The van der Waals surface area contributed by atoms with E-state index in [0.717, 1.165) is 115 Å². The van der Waals surface area contributed by atoms with Crippen molar-refractivity contribution < 1.29 is 37.9 Å². The Morgan fingerprint density at radius 1 is 1.01 bits per heavy atom. The smallest absolute Gasteiger partial charge is 0.293 e. The number of likely N-dealkylation sites (N-methyl/N-ethyl adjacent to an activating group) is 3. The van der Waals surface area contributed by atoms with Crippen molar-refractivity contribution in [2.45, 2.75) is 130 Å². The first-order valence-corrected chi connectivity index (χ1v) is 31.2. The van der Waals surface area contributed by atoms with Crippen LogP contribution in [0.3, 0.4) is 0 Å². The van der Waals surface area contributed by atoms with E-state index in [0.29, 0.717) is 66.9 Å². The molecule has 0 radical (unpaired) electrons. The van der Waals surface area contributed by atoms with Crippen LogP contribution in [0.25, 0.3) is 26.9 Å². The van der Waals surface area contributed by atoms with Gasteiger partial charge in [-0.2, -0.15) is 0 Å². The highest BCUT2D eigenvalue weighted by Gasteiger charge is 2.36. The van der Waals surface area contributed by atoms with E-state index in [-0.39, 0.29) is 48.2 Å². The van der Waals surface area contributed by atoms with Crippen LogP contribution < -0.4 is 15.5 Å². The van der Waals surface area contributed by atoms with Crippen LogP contribution in [0.5, 0.6) is 5.75 Å². The Kier molecular flexibility index (Phi) is 25.1. The van der Waals surface area contributed by atoms with Crippen LogP contribution in [0.15, 0.2) is 103 Å². The summed E-state index contributed by atoms with van der Waals surface area (Å²) in [6.45, 7) is 25.7. The molecule has 464 valence electrons. The largest absolute Gasteiger partial charge is 0.508 e. The fraction of sp³-hybridized carbons (Fsp3) is 0.508. The number of aliphatic imine (C=N–C) groups is 3. The molecule has 4 saturated heterocycles. The average Bonchev–Trinajstić information content (AvgIpc) is 2.08. The summed E-state index contributed by atoms with van der Waals surface area (Å²) in [5, 5.41) is 23.0. The molecule has 0 saturated carbocycles. The van der Waals surface area contributed by atoms with Crippen LogP contribution in [-0.4, -0.2) is 183 Å². The van der Waals surface area contributed by atoms with Crippen LogP contribution >= 0.6 is 11.3 Å². The number of nitrogens with zero attached hydrogens (tertiary/aromatic N) is 10. The molecular formula is C65H89FN12O7S. The lowest BCUT2D eigenvalue weighted by molar-refractivity contribution is -0.140. The fourth-order valence-electron chi connectivity index (χ4n) is 11.6. The van der Waals surface area contributed by atoms with Crippen molar-refractivity contribution in [1.82, 2.24) is 40.4 Å². The van der Waals surface area contributed by atoms with Crippen LogP contribution in [0, 0.1) is 6.92 Å². The van der Waals surface area contributed by atoms with Crippen LogP contribution in [0.1, 0.15) is 114 Å². The molecule has 4 fully saturated rings. The molecule has 86 heavy (non-hydrogen) atoms. The van der Waals surface area contributed by atoms with Crippen molar-refractivity contribution >= 4 is 70.6 Å². The highest BCUT2D eigenvalue weighted by Crippen LogP contribution is 2.38. The second-order valence-corrected chi connectivity index (χ2v) is 23.3. The van der Waals surface area contributed by atoms with Gasteiger partial charge >= 0.3 is 0 Å². The number of aromatic nitrogens is 2. The number of methoxy groups -OCH3 is 1. The number of nitrogens with one attached hydrogen (secondary N) is 2. The summed E-state index contributed by atoms with van der Waals surface area (Å²) in [6, 6.07) is 19.6. The average molecular weight is 1200 g/mol. The van der Waals surface area contributed by atoms with Gasteiger partial charge in [0.25, 0.3) is 6.47 Å². The first-order chi connectivity index (χ1) is 41.6. The summed E-state index contributed by atoms with van der Waals surface area (Å²) in [5.74, 6) is 1.03. The van der Waals surface area contributed by atoms with Crippen molar-refractivity contribution in [2.75, 3.05) is 91.8 Å². The molecule has 2 amide bonds. The number of halogens is 1. The molecule has 10 rings (SSSR count). The van der Waals surface area contributed by atoms with Crippen molar-refractivity contribution in [1.29, 1.82) is 0 Å². The standard InChI is InChI=1S/C28H38N6O3S.C27H30FN5O2.C7H13NO2.C3H8/c1-6-24(28(36)30-19(3)21-8-10-22(11-9-21)27-20(4)29-18-38-27)34(7-2)26(35)17-23-16-25(31-37-23)33-14-12-32(5)13-15-33;1-4-16-6-5-7-17-10-20(34)11-21(23(16)17)25-24(28)26(31-15-35-3)22(12-30-25)27(29-2)33-13-18-8-9-19(14-33)32-18;1-8-4-2-3-7(8)5-10-6-9;1-3-2/h8-11,16,18-19,24H,6-7,12-15,17H2,1-5H3,(H,30,36);5-7,10-12,18-19,32,34H,2,4,8-9,13-15H2,1,3H3;6-7H,2-5H2,1H3;3H2,1-2H3/b;27-22+,31-26+;;/t19-,24-;;7-;/m0.0./s1. The molecule has 5 aliphatic heterocycles. The minimum Gasteiger partial charge on any atom is -0.508 e. The molecule has 0 spiro atoms. The van der Waals surface area contributed by atoms with Gasteiger partial charge in [0, 0.05) is 88.9 Å². The maximum Gasteiger partial charge on any atom is 0.293 e. The molecule has 0 aliphatic carbocycles. The first-order valence-electron chi connectivity index (χ1n) is 30.3. The van der Waals surface area contributed by atoms with Gasteiger partial charge in [-0.3, -0.25) is 24.4 Å². The SMILES string of the molecule is C=N/C(=C1/C=NC(c2cc(O)cc3cccc(CC)c23)=C(F)/C1=N/COC)N1CC2CCC(C1)N2.CCC.CC[C@@H](C(=O)N[C@@H](C)c1ccc(-c2scnc2C)cc1)N(CC)C(=O)Cc1cc(N2CCN(C)CC2)no1.CN1CCC[C@H]1COC=O. The lowest BCUT2D eigenvalue weighted by Gasteiger charge is -2.35. The molecular weight excluding hydrogens is 1110 g/mol. The van der Waals surface area contributed by atoms with E-state index in [4.69, 9.17) is 9.26 Å². The predicted molar refractivity (Wildman–Crippen MR) is 343 cm³/mol. The minimum absolute atomic E-state index is 0.00833. The number of thiazole rings is 1. The molecule has 19 nitrogen and oxygen atoms in total. The van der Waals surface area contributed by atoms with Gasteiger partial charge in [-0.15, -0.1) is 11.3 Å². The number of phenols is 1. The second-order valence-electron chi connectivity index (χ2n) is 22.4. The molecule has 2 aromatic heterocycles. The zero-order chi connectivity index (χ0) is 61.9. The Morgan fingerprint density at radius 2 is 1.73 bits per heavy atom. The second kappa shape index (κ2) is 32.5. The number of fused-ring (bicyclic) bond motifs is 3. The van der Waals surface area contributed by atoms with E-state index in [1.807, 2.05) is 69.6 Å². The van der Waals surface area contributed by atoms with E-state index in [1.54, 1.807) is 34.6 Å². The number of carbonyl (C=O) groups is 3. The van der Waals surface area contributed by atoms with E-state index in [2.05, 4.69) is 114 Å². The van der Waals surface area contributed by atoms with E-state index in [9.17, 15) is 19.5 Å². The predicted octanol–water partition coefficient (Wildman–Crippen LogP) is 9.80. The zero-order valence-corrected chi connectivity index (χ0v) is 52.8. The normalized spacial score (nSPS) is 20.3. The van der Waals surface area contributed by atoms with Gasteiger partial charge in [0.1, 0.15) is 48.1 Å². The Hall–Kier alpha value is -7.17. The van der Waals surface area contributed by atoms with Crippen LogP contribution in [-0.2, 0) is 36.7 Å². The molecule has 2 unspecified atom stereocenters. The molecule has 7 heterocycles. The van der Waals surface area contributed by atoms with Crippen molar-refractivity contribution in [3.05, 3.63) is 112 Å². The Labute approximate surface area is 511 Å². The van der Waals surface area contributed by atoms with E-state index < -0.39 is 11.9 Å². The molecule has 21 heteroatoms. The van der Waals surface area contributed by atoms with Gasteiger partial charge in [0.2, 0.25) is 11.8 Å². The maximum atomic E-state index is 16.3. The first kappa shape index (κ1) is 66.4. The molecule has 2 bridgehead atoms. The van der Waals surface area contributed by atoms with Gasteiger partial charge in [0.15, 0.2) is 11.6 Å². The van der Waals surface area contributed by atoms with Gasteiger partial charge < -0.3 is 54.2 Å². The van der Waals surface area contributed by atoms with E-state index in [1.165, 1.54) is 20.0 Å². The monoisotopic (exact) mass is 1200 g/mol. The molecule has 3 aromatic carbocycles. The quantitative estimate of drug-likeness (QED) is 0.0520. The Balaban J connectivity index is 0.000000204. The third-order valence-electron chi connectivity index (χ3n) is 16.2. The summed E-state index contributed by atoms with van der Waals surface area (Å²) < 4.78 is 31.6. The summed E-state index contributed by atoms with van der Waals surface area (Å²) in [6.07, 6.45) is 8.83. The molecule has 5 atom stereocenters. The number of rotatable bonds is 19. The Morgan fingerprint density at radius 3 is 2.34 bits per heavy atom. The number of ether oxygens (including phenoxy) is 2. The third-order valence-corrected chi connectivity index (χ3v) is 17.1. The summed E-state index contributed by atoms with van der Waals surface area (Å²) in [5.41, 5.74) is 7.32. The molecule has 5 aromatic rings. The number of anilines is 1. The van der Waals surface area contributed by atoms with Gasteiger partial charge in [-0.1, -0.05) is 81.7 Å². The molecule has 3 N–H and O–H groups in total. The van der Waals surface area contributed by atoms with E-state index >= 15 is 4.39 Å². The number of likely N-dealkylation sites (tertiary alicyclic amines) is 2. The number of phenolic OH excluding ortho intramolecular Hbond substituents is 1. The number of carbonyl (C=O) groups excluding carboxylic acids is 3. The van der Waals surface area contributed by atoms with Gasteiger partial charge in [-0.25, -0.2) is 14.4 Å². The number of piperazine rings is 2. The number of hydrogen-bond acceptors (Lipinski definition) is 18. The summed E-state index contributed by atoms with van der Waals surface area (Å²) >= 11 is 1.62. The fourth-order valence-corrected chi connectivity index (χ4v) is 12.4. The van der Waals surface area contributed by atoms with Crippen LogP contribution in [0.2, 0.25) is 0 Å². The molecule has 5 aliphatic rings.